The second kappa shape index (κ2) is 3.89. The van der Waals surface area contributed by atoms with E-state index in [9.17, 15) is 4.79 Å². The maximum atomic E-state index is 11.7. The topological polar surface area (TPSA) is 50.5 Å². The summed E-state index contributed by atoms with van der Waals surface area (Å²) in [5, 5.41) is 4.86. The molecule has 0 aromatic carbocycles. The lowest BCUT2D eigenvalue weighted by Crippen LogP contribution is -2.25. The molecule has 0 spiro atoms. The quantitative estimate of drug-likeness (QED) is 0.796. The van der Waals surface area contributed by atoms with E-state index in [-0.39, 0.29) is 11.2 Å². The maximum absolute atomic E-state index is 11.7. The summed E-state index contributed by atoms with van der Waals surface area (Å²) in [6.07, 6.45) is 2.09. The number of rotatable bonds is 1. The van der Waals surface area contributed by atoms with Crippen LogP contribution in [-0.4, -0.2) is 32.3 Å². The van der Waals surface area contributed by atoms with Gasteiger partial charge in [0, 0.05) is 24.4 Å². The fraction of sp³-hybridized carbons (Fsp3) is 0.300. The molecule has 17 heavy (non-hydrogen) atoms. The van der Waals surface area contributed by atoms with Crippen LogP contribution in [0.25, 0.3) is 5.65 Å². The maximum Gasteiger partial charge on any atom is 0.252 e. The SMILES string of the molecule is O=C1CC(S)CN1c1nc2ccc(Cl)cn2n1. The summed E-state index contributed by atoms with van der Waals surface area (Å²) in [6, 6.07) is 3.50. The molecule has 0 N–H and O–H groups in total. The van der Waals surface area contributed by atoms with Crippen molar-refractivity contribution in [3.8, 4) is 0 Å². The summed E-state index contributed by atoms with van der Waals surface area (Å²) in [4.78, 5) is 17.5. The molecule has 1 fully saturated rings. The highest BCUT2D eigenvalue weighted by Gasteiger charge is 2.30. The molecule has 1 unspecified atom stereocenters. The number of fused-ring (bicyclic) bond motifs is 1. The van der Waals surface area contributed by atoms with Crippen LogP contribution in [0.3, 0.4) is 0 Å². The molecule has 0 bridgehead atoms. The van der Waals surface area contributed by atoms with Crippen molar-refractivity contribution in [2.45, 2.75) is 11.7 Å². The van der Waals surface area contributed by atoms with Crippen LogP contribution in [0.2, 0.25) is 5.02 Å². The van der Waals surface area contributed by atoms with Crippen molar-refractivity contribution in [2.75, 3.05) is 11.4 Å². The third kappa shape index (κ3) is 1.87. The van der Waals surface area contributed by atoms with Crippen LogP contribution in [0.5, 0.6) is 0 Å². The summed E-state index contributed by atoms with van der Waals surface area (Å²) < 4.78 is 1.57. The third-order valence-electron chi connectivity index (χ3n) is 2.63. The number of aromatic nitrogens is 3. The first-order valence-corrected chi connectivity index (χ1v) is 6.03. The largest absolute Gasteiger partial charge is 0.278 e. The zero-order valence-electron chi connectivity index (χ0n) is 8.75. The number of hydrogen-bond donors (Lipinski definition) is 1. The summed E-state index contributed by atoms with van der Waals surface area (Å²) in [5.41, 5.74) is 0.666. The molecule has 0 radical (unpaired) electrons. The molecule has 1 aliphatic heterocycles. The van der Waals surface area contributed by atoms with Crippen LogP contribution in [0.4, 0.5) is 5.95 Å². The van der Waals surface area contributed by atoms with Gasteiger partial charge in [0.1, 0.15) is 0 Å². The standard InChI is InChI=1S/C10H9ClN4OS/c11-6-1-2-8-12-10(13-15(8)4-6)14-5-7(17)3-9(14)16/h1-2,4,7,17H,3,5H2. The number of amides is 1. The summed E-state index contributed by atoms with van der Waals surface area (Å²) in [7, 11) is 0. The number of carbonyl (C=O) groups excluding carboxylic acids is 1. The van der Waals surface area contributed by atoms with Crippen LogP contribution in [0.15, 0.2) is 18.3 Å². The first-order chi connectivity index (χ1) is 8.13. The molecule has 7 heteroatoms. The van der Waals surface area contributed by atoms with E-state index < -0.39 is 0 Å². The lowest BCUT2D eigenvalue weighted by atomic mass is 10.4. The number of hydrogen-bond acceptors (Lipinski definition) is 4. The lowest BCUT2D eigenvalue weighted by molar-refractivity contribution is -0.117. The van der Waals surface area contributed by atoms with E-state index in [1.54, 1.807) is 27.7 Å². The van der Waals surface area contributed by atoms with Gasteiger partial charge in [-0.15, -0.1) is 5.10 Å². The van der Waals surface area contributed by atoms with Crippen LogP contribution < -0.4 is 4.90 Å². The molecule has 0 aliphatic carbocycles. The van der Waals surface area contributed by atoms with Crippen molar-refractivity contribution >= 4 is 41.7 Å². The van der Waals surface area contributed by atoms with Crippen LogP contribution in [-0.2, 0) is 4.79 Å². The molecule has 88 valence electrons. The van der Waals surface area contributed by atoms with Crippen LogP contribution >= 0.6 is 24.2 Å². The van der Waals surface area contributed by atoms with Gasteiger partial charge < -0.3 is 0 Å². The van der Waals surface area contributed by atoms with E-state index >= 15 is 0 Å². The average Bonchev–Trinajstić information content (AvgIpc) is 2.80. The first kappa shape index (κ1) is 10.9. The molecule has 2 aromatic heterocycles. The highest BCUT2D eigenvalue weighted by atomic mass is 35.5. The molecule has 2 aromatic rings. The summed E-state index contributed by atoms with van der Waals surface area (Å²) in [6.45, 7) is 0.548. The monoisotopic (exact) mass is 268 g/mol. The van der Waals surface area contributed by atoms with Gasteiger partial charge in [0.25, 0.3) is 5.95 Å². The fourth-order valence-corrected chi connectivity index (χ4v) is 2.32. The van der Waals surface area contributed by atoms with Gasteiger partial charge in [0.2, 0.25) is 5.91 Å². The van der Waals surface area contributed by atoms with E-state index in [2.05, 4.69) is 22.7 Å². The Balaban J connectivity index is 2.03. The molecule has 5 nitrogen and oxygen atoms in total. The predicted octanol–water partition coefficient (Wildman–Crippen LogP) is 1.42. The Kier molecular flexibility index (Phi) is 2.48. The second-order valence-electron chi connectivity index (χ2n) is 3.92. The fourth-order valence-electron chi connectivity index (χ4n) is 1.84. The van der Waals surface area contributed by atoms with Crippen molar-refractivity contribution in [1.29, 1.82) is 0 Å². The van der Waals surface area contributed by atoms with Gasteiger partial charge in [-0.2, -0.15) is 17.6 Å². The zero-order valence-corrected chi connectivity index (χ0v) is 10.4. The number of halogens is 1. The Hall–Kier alpha value is -1.27. The molecule has 0 saturated carbocycles. The number of nitrogens with zero attached hydrogens (tertiary/aromatic N) is 4. The van der Waals surface area contributed by atoms with Gasteiger partial charge in [-0.05, 0) is 12.1 Å². The first-order valence-electron chi connectivity index (χ1n) is 5.14. The van der Waals surface area contributed by atoms with Gasteiger partial charge in [-0.25, -0.2) is 4.52 Å². The van der Waals surface area contributed by atoms with Gasteiger partial charge in [0.15, 0.2) is 5.65 Å². The Morgan fingerprint density at radius 1 is 1.47 bits per heavy atom. The molecule has 3 heterocycles. The van der Waals surface area contributed by atoms with E-state index in [1.807, 2.05) is 0 Å². The second-order valence-corrected chi connectivity index (χ2v) is 5.09. The third-order valence-corrected chi connectivity index (χ3v) is 3.20. The van der Waals surface area contributed by atoms with Crippen molar-refractivity contribution < 1.29 is 4.79 Å². The lowest BCUT2D eigenvalue weighted by Gasteiger charge is -2.09. The van der Waals surface area contributed by atoms with Crippen molar-refractivity contribution in [3.05, 3.63) is 23.4 Å². The van der Waals surface area contributed by atoms with Gasteiger partial charge in [0.05, 0.1) is 5.02 Å². The highest BCUT2D eigenvalue weighted by Crippen LogP contribution is 2.22. The molecule has 1 atom stereocenters. The van der Waals surface area contributed by atoms with Crippen molar-refractivity contribution in [1.82, 2.24) is 14.6 Å². The number of pyridine rings is 1. The molecule has 1 amide bonds. The Morgan fingerprint density at radius 3 is 3.00 bits per heavy atom. The minimum atomic E-state index is 0.00648. The van der Waals surface area contributed by atoms with Gasteiger partial charge in [-0.1, -0.05) is 11.6 Å². The smallest absolute Gasteiger partial charge is 0.252 e. The summed E-state index contributed by atoms with van der Waals surface area (Å²) >= 11 is 10.2. The zero-order chi connectivity index (χ0) is 12.0. The number of anilines is 1. The number of carbonyl (C=O) groups is 1. The minimum absolute atomic E-state index is 0.00648. The molecular formula is C10H9ClN4OS. The number of thiol groups is 1. The van der Waals surface area contributed by atoms with Crippen LogP contribution in [0, 0.1) is 0 Å². The Labute approximate surface area is 108 Å². The van der Waals surface area contributed by atoms with E-state index in [4.69, 9.17) is 11.6 Å². The molecular weight excluding hydrogens is 260 g/mol. The molecule has 1 aliphatic rings. The predicted molar refractivity (Wildman–Crippen MR) is 67.7 cm³/mol. The summed E-state index contributed by atoms with van der Waals surface area (Å²) in [5.74, 6) is 0.417. The Morgan fingerprint density at radius 2 is 2.29 bits per heavy atom. The molecule has 1 saturated heterocycles. The normalized spacial score (nSPS) is 20.5. The van der Waals surface area contributed by atoms with Crippen molar-refractivity contribution in [2.24, 2.45) is 0 Å². The van der Waals surface area contributed by atoms with Gasteiger partial charge >= 0.3 is 0 Å². The van der Waals surface area contributed by atoms with Crippen LogP contribution in [0.1, 0.15) is 6.42 Å². The highest BCUT2D eigenvalue weighted by molar-refractivity contribution is 7.81. The van der Waals surface area contributed by atoms with E-state index in [1.165, 1.54) is 0 Å². The van der Waals surface area contributed by atoms with Crippen molar-refractivity contribution in [3.63, 3.8) is 0 Å². The van der Waals surface area contributed by atoms with E-state index in [0.29, 0.717) is 29.6 Å². The molecule has 3 rings (SSSR count). The average molecular weight is 269 g/mol. The van der Waals surface area contributed by atoms with E-state index in [0.717, 1.165) is 0 Å². The van der Waals surface area contributed by atoms with Gasteiger partial charge in [-0.3, -0.25) is 9.69 Å². The Bertz CT molecular complexity index is 599. The minimum Gasteiger partial charge on any atom is -0.278 e.